The highest BCUT2D eigenvalue weighted by atomic mass is 32.2. The lowest BCUT2D eigenvalue weighted by Crippen LogP contribution is -2.32. The Balaban J connectivity index is 1.67. The average molecular weight is 326 g/mol. The molecule has 0 unspecified atom stereocenters. The van der Waals surface area contributed by atoms with Crippen LogP contribution in [0.3, 0.4) is 0 Å². The molecule has 0 spiro atoms. The normalized spacial score (nSPS) is 12.3. The molecule has 0 N–H and O–H groups in total. The molecular weight excluding hydrogens is 308 g/mol. The second-order valence-corrected chi connectivity index (χ2v) is 6.66. The lowest BCUT2D eigenvalue weighted by Gasteiger charge is -2.20. The number of carbonyl (C=O) groups is 1. The van der Waals surface area contributed by atoms with Gasteiger partial charge >= 0.3 is 0 Å². The molecule has 2 aromatic heterocycles. The minimum atomic E-state index is -0.226. The summed E-state index contributed by atoms with van der Waals surface area (Å²) in [6.45, 7) is 2.50. The van der Waals surface area contributed by atoms with Crippen LogP contribution in [-0.2, 0) is 11.3 Å². The first kappa shape index (κ1) is 15.6. The highest BCUT2D eigenvalue weighted by molar-refractivity contribution is 8.00. The van der Waals surface area contributed by atoms with Crippen LogP contribution < -0.4 is 0 Å². The first-order chi connectivity index (χ1) is 11.1. The van der Waals surface area contributed by atoms with E-state index in [1.807, 2.05) is 73.1 Å². The van der Waals surface area contributed by atoms with Crippen molar-refractivity contribution in [1.82, 2.24) is 19.5 Å². The van der Waals surface area contributed by atoms with Crippen LogP contribution >= 0.6 is 11.8 Å². The van der Waals surface area contributed by atoms with E-state index in [4.69, 9.17) is 0 Å². The van der Waals surface area contributed by atoms with Crippen molar-refractivity contribution in [3.8, 4) is 0 Å². The quantitative estimate of drug-likeness (QED) is 0.677. The zero-order valence-electron chi connectivity index (χ0n) is 13.1. The zero-order valence-corrected chi connectivity index (χ0v) is 13.9. The van der Waals surface area contributed by atoms with Gasteiger partial charge in [0, 0.05) is 19.8 Å². The molecule has 0 bridgehead atoms. The lowest BCUT2D eigenvalue weighted by atomic mass is 10.2. The summed E-state index contributed by atoms with van der Waals surface area (Å²) in [5, 5.41) is 8.78. The molecule has 0 aliphatic rings. The largest absolute Gasteiger partial charge is 0.340 e. The van der Waals surface area contributed by atoms with E-state index in [1.165, 1.54) is 11.8 Å². The summed E-state index contributed by atoms with van der Waals surface area (Å²) >= 11 is 1.42. The number of pyridine rings is 1. The maximum atomic E-state index is 12.6. The van der Waals surface area contributed by atoms with Gasteiger partial charge in [0.05, 0.1) is 5.25 Å². The number of rotatable bonds is 5. The Kier molecular flexibility index (Phi) is 4.62. The molecule has 1 aromatic carbocycles. The van der Waals surface area contributed by atoms with Crippen LogP contribution in [0.4, 0.5) is 0 Å². The summed E-state index contributed by atoms with van der Waals surface area (Å²) in [6.07, 6.45) is 1.91. The van der Waals surface area contributed by atoms with E-state index in [2.05, 4.69) is 10.2 Å². The minimum Gasteiger partial charge on any atom is -0.340 e. The van der Waals surface area contributed by atoms with Crippen molar-refractivity contribution in [2.45, 2.75) is 23.9 Å². The standard InChI is InChI=1S/C17H18N4OS/c1-13(16(22)20(2)12-14-8-4-3-5-9-14)23-17-19-18-15-10-6-7-11-21(15)17/h3-11,13H,12H2,1-2H3/t13-/m0/s1. The van der Waals surface area contributed by atoms with Crippen LogP contribution in [0.5, 0.6) is 0 Å². The lowest BCUT2D eigenvalue weighted by molar-refractivity contribution is -0.129. The van der Waals surface area contributed by atoms with Crippen molar-refractivity contribution in [3.05, 3.63) is 60.3 Å². The molecule has 1 atom stereocenters. The summed E-state index contributed by atoms with van der Waals surface area (Å²) in [6, 6.07) is 15.7. The Hall–Kier alpha value is -2.34. The summed E-state index contributed by atoms with van der Waals surface area (Å²) in [7, 11) is 1.83. The van der Waals surface area contributed by atoms with E-state index < -0.39 is 0 Å². The van der Waals surface area contributed by atoms with E-state index in [-0.39, 0.29) is 11.2 Å². The SMILES string of the molecule is C[C@H](Sc1nnc2ccccn12)C(=O)N(C)Cc1ccccc1. The van der Waals surface area contributed by atoms with Crippen LogP contribution in [0.1, 0.15) is 12.5 Å². The van der Waals surface area contributed by atoms with E-state index in [9.17, 15) is 4.79 Å². The summed E-state index contributed by atoms with van der Waals surface area (Å²) in [5.74, 6) is 0.0755. The van der Waals surface area contributed by atoms with Gasteiger partial charge in [0.15, 0.2) is 10.8 Å². The Morgan fingerprint density at radius 2 is 1.91 bits per heavy atom. The molecule has 3 aromatic rings. The first-order valence-corrected chi connectivity index (χ1v) is 8.28. The molecule has 2 heterocycles. The number of benzene rings is 1. The predicted molar refractivity (Wildman–Crippen MR) is 91.2 cm³/mol. The Morgan fingerprint density at radius 1 is 1.17 bits per heavy atom. The molecule has 1 amide bonds. The number of amides is 1. The van der Waals surface area contributed by atoms with Gasteiger partial charge in [0.1, 0.15) is 0 Å². The molecular formula is C17H18N4OS. The molecule has 0 aliphatic heterocycles. The van der Waals surface area contributed by atoms with Crippen LogP contribution in [0.25, 0.3) is 5.65 Å². The molecule has 0 saturated heterocycles. The molecule has 5 nitrogen and oxygen atoms in total. The van der Waals surface area contributed by atoms with Crippen LogP contribution in [0.2, 0.25) is 0 Å². The van der Waals surface area contributed by atoms with Gasteiger partial charge in [-0.3, -0.25) is 9.20 Å². The van der Waals surface area contributed by atoms with Crippen molar-refractivity contribution >= 4 is 23.3 Å². The summed E-state index contributed by atoms with van der Waals surface area (Å²) < 4.78 is 1.89. The number of hydrogen-bond donors (Lipinski definition) is 0. The predicted octanol–water partition coefficient (Wildman–Crippen LogP) is 2.87. The molecule has 0 fully saturated rings. The van der Waals surface area contributed by atoms with Gasteiger partial charge in [0.25, 0.3) is 0 Å². The van der Waals surface area contributed by atoms with Crippen LogP contribution in [0.15, 0.2) is 59.9 Å². The third-order valence-electron chi connectivity index (χ3n) is 3.55. The molecule has 23 heavy (non-hydrogen) atoms. The third-order valence-corrected chi connectivity index (χ3v) is 4.60. The fourth-order valence-electron chi connectivity index (χ4n) is 2.35. The van der Waals surface area contributed by atoms with Gasteiger partial charge in [-0.2, -0.15) is 0 Å². The van der Waals surface area contributed by atoms with E-state index in [0.717, 1.165) is 16.4 Å². The fraction of sp³-hybridized carbons (Fsp3) is 0.235. The Labute approximate surface area is 139 Å². The zero-order chi connectivity index (χ0) is 16.2. The number of fused-ring (bicyclic) bond motifs is 1. The van der Waals surface area contributed by atoms with Crippen molar-refractivity contribution in [1.29, 1.82) is 0 Å². The number of aromatic nitrogens is 3. The van der Waals surface area contributed by atoms with Gasteiger partial charge in [-0.25, -0.2) is 0 Å². The van der Waals surface area contributed by atoms with Crippen molar-refractivity contribution in [2.75, 3.05) is 7.05 Å². The van der Waals surface area contributed by atoms with Crippen LogP contribution in [0, 0.1) is 0 Å². The van der Waals surface area contributed by atoms with Gasteiger partial charge in [-0.15, -0.1) is 10.2 Å². The molecule has 0 aliphatic carbocycles. The third kappa shape index (κ3) is 3.53. The van der Waals surface area contributed by atoms with Crippen molar-refractivity contribution in [3.63, 3.8) is 0 Å². The number of nitrogens with zero attached hydrogens (tertiary/aromatic N) is 4. The smallest absolute Gasteiger partial charge is 0.235 e. The van der Waals surface area contributed by atoms with E-state index >= 15 is 0 Å². The second-order valence-electron chi connectivity index (χ2n) is 5.35. The highest BCUT2D eigenvalue weighted by Gasteiger charge is 2.21. The van der Waals surface area contributed by atoms with Crippen molar-refractivity contribution < 1.29 is 4.79 Å². The average Bonchev–Trinajstić information content (AvgIpc) is 2.98. The van der Waals surface area contributed by atoms with Gasteiger partial charge in [-0.05, 0) is 24.6 Å². The van der Waals surface area contributed by atoms with Crippen LogP contribution in [-0.4, -0.2) is 37.7 Å². The molecule has 0 radical (unpaired) electrons. The maximum absolute atomic E-state index is 12.6. The van der Waals surface area contributed by atoms with Gasteiger partial charge < -0.3 is 4.90 Å². The topological polar surface area (TPSA) is 50.5 Å². The second kappa shape index (κ2) is 6.83. The molecule has 0 saturated carbocycles. The molecule has 6 heteroatoms. The summed E-state index contributed by atoms with van der Waals surface area (Å²) in [5.41, 5.74) is 1.90. The Morgan fingerprint density at radius 3 is 2.70 bits per heavy atom. The monoisotopic (exact) mass is 326 g/mol. The van der Waals surface area contributed by atoms with E-state index in [0.29, 0.717) is 6.54 Å². The van der Waals surface area contributed by atoms with Gasteiger partial charge in [-0.1, -0.05) is 48.2 Å². The molecule has 118 valence electrons. The number of thioether (sulfide) groups is 1. The highest BCUT2D eigenvalue weighted by Crippen LogP contribution is 2.23. The van der Waals surface area contributed by atoms with Gasteiger partial charge in [0.2, 0.25) is 5.91 Å². The minimum absolute atomic E-state index is 0.0755. The number of carbonyl (C=O) groups excluding carboxylic acids is 1. The Bertz CT molecular complexity index is 802. The first-order valence-electron chi connectivity index (χ1n) is 7.40. The maximum Gasteiger partial charge on any atom is 0.235 e. The number of hydrogen-bond acceptors (Lipinski definition) is 4. The van der Waals surface area contributed by atoms with Crippen molar-refractivity contribution in [2.24, 2.45) is 0 Å². The summed E-state index contributed by atoms with van der Waals surface area (Å²) in [4.78, 5) is 14.3. The van der Waals surface area contributed by atoms with E-state index in [1.54, 1.807) is 4.90 Å². The molecule has 3 rings (SSSR count). The fourth-order valence-corrected chi connectivity index (χ4v) is 3.31.